The predicted molar refractivity (Wildman–Crippen MR) is 83.6 cm³/mol. The Hall–Kier alpha value is -1.60. The molecule has 2 aliphatic heterocycles. The smallest absolute Gasteiger partial charge is 0.222 e. The van der Waals surface area contributed by atoms with Gasteiger partial charge in [-0.1, -0.05) is 0 Å². The Bertz CT molecular complexity index is 530. The van der Waals surface area contributed by atoms with E-state index in [1.165, 1.54) is 0 Å². The molecule has 7 nitrogen and oxygen atoms in total. The van der Waals surface area contributed by atoms with Crippen LogP contribution in [-0.4, -0.2) is 64.5 Å². The molecule has 3 N–H and O–H groups in total. The van der Waals surface area contributed by atoms with Crippen LogP contribution in [0.4, 0.5) is 5.82 Å². The van der Waals surface area contributed by atoms with Crippen LogP contribution in [-0.2, 0) is 11.3 Å². The number of rotatable bonds is 6. The van der Waals surface area contributed by atoms with Gasteiger partial charge in [0.1, 0.15) is 5.82 Å². The molecular weight excluding hydrogens is 282 g/mol. The van der Waals surface area contributed by atoms with Crippen molar-refractivity contribution in [3.63, 3.8) is 0 Å². The highest BCUT2D eigenvalue weighted by Gasteiger charge is 2.23. The van der Waals surface area contributed by atoms with Crippen LogP contribution in [0.2, 0.25) is 0 Å². The second-order valence-corrected chi connectivity index (χ2v) is 6.36. The molecule has 2 atom stereocenters. The van der Waals surface area contributed by atoms with Gasteiger partial charge in [0, 0.05) is 57.7 Å². The highest BCUT2D eigenvalue weighted by Crippen LogP contribution is 2.17. The maximum absolute atomic E-state index is 11.5. The highest BCUT2D eigenvalue weighted by atomic mass is 16.3. The Morgan fingerprint density at radius 2 is 2.45 bits per heavy atom. The Morgan fingerprint density at radius 1 is 1.59 bits per heavy atom. The molecule has 0 spiro atoms. The molecule has 1 aromatic heterocycles. The number of hydrogen-bond donors (Lipinski definition) is 3. The summed E-state index contributed by atoms with van der Waals surface area (Å²) in [5.41, 5.74) is 1.03. The summed E-state index contributed by atoms with van der Waals surface area (Å²) in [5.74, 6) is 1.70. The first-order chi connectivity index (χ1) is 10.6. The van der Waals surface area contributed by atoms with Crippen molar-refractivity contribution in [3.05, 3.63) is 11.8 Å². The molecule has 0 bridgehead atoms. The number of anilines is 1. The fourth-order valence-corrected chi connectivity index (χ4v) is 3.19. The average Bonchev–Trinajstić information content (AvgIpc) is 3.03. The van der Waals surface area contributed by atoms with Crippen molar-refractivity contribution in [2.75, 3.05) is 38.0 Å². The van der Waals surface area contributed by atoms with E-state index >= 15 is 0 Å². The molecule has 7 heteroatoms. The summed E-state index contributed by atoms with van der Waals surface area (Å²) in [6.45, 7) is 6.38. The second-order valence-electron chi connectivity index (χ2n) is 6.36. The molecule has 22 heavy (non-hydrogen) atoms. The number of β-amino-alcohol motifs (C(OH)–C–C–N with tert-alkyl or cyclic N) is 1. The number of aromatic nitrogens is 2. The Kier molecular flexibility index (Phi) is 4.63. The largest absolute Gasteiger partial charge is 0.390 e. The number of aliphatic hydroxyl groups excluding tert-OH is 1. The highest BCUT2D eigenvalue weighted by molar-refractivity contribution is 5.78. The van der Waals surface area contributed by atoms with Crippen molar-refractivity contribution < 1.29 is 9.90 Å². The number of nitrogens with one attached hydrogen (secondary N) is 2. The fourth-order valence-electron chi connectivity index (χ4n) is 3.19. The van der Waals surface area contributed by atoms with Crippen molar-refractivity contribution in [2.45, 2.75) is 32.4 Å². The molecule has 3 heterocycles. The lowest BCUT2D eigenvalue weighted by Gasteiger charge is -2.26. The molecule has 3 rings (SSSR count). The Balaban J connectivity index is 1.37. The molecule has 1 aromatic rings. The van der Waals surface area contributed by atoms with Crippen molar-refractivity contribution in [1.29, 1.82) is 0 Å². The van der Waals surface area contributed by atoms with E-state index in [4.69, 9.17) is 0 Å². The van der Waals surface area contributed by atoms with E-state index in [2.05, 4.69) is 21.8 Å². The zero-order chi connectivity index (χ0) is 15.5. The van der Waals surface area contributed by atoms with E-state index in [1.807, 2.05) is 11.6 Å². The number of hydrogen-bond acceptors (Lipinski definition) is 5. The number of nitrogens with zero attached hydrogens (tertiary/aromatic N) is 3. The van der Waals surface area contributed by atoms with Crippen LogP contribution in [0.1, 0.15) is 18.5 Å². The van der Waals surface area contributed by atoms with Gasteiger partial charge in [-0.15, -0.1) is 0 Å². The molecule has 2 aliphatic rings. The van der Waals surface area contributed by atoms with Gasteiger partial charge in [0.05, 0.1) is 11.8 Å². The number of aryl methyl sites for hydroxylation is 1. The summed E-state index contributed by atoms with van der Waals surface area (Å²) in [7, 11) is 0. The molecular formula is C15H25N5O2. The summed E-state index contributed by atoms with van der Waals surface area (Å²) in [6.07, 6.45) is 1.04. The zero-order valence-electron chi connectivity index (χ0n) is 13.1. The number of amides is 1. The lowest BCUT2D eigenvalue weighted by atomic mass is 10.1. The van der Waals surface area contributed by atoms with Crippen molar-refractivity contribution in [1.82, 2.24) is 20.0 Å². The van der Waals surface area contributed by atoms with E-state index in [0.29, 0.717) is 25.4 Å². The summed E-state index contributed by atoms with van der Waals surface area (Å²) < 4.78 is 2.00. The van der Waals surface area contributed by atoms with E-state index < -0.39 is 6.10 Å². The molecule has 122 valence electrons. The normalized spacial score (nSPS) is 22.5. The maximum Gasteiger partial charge on any atom is 0.222 e. The van der Waals surface area contributed by atoms with Gasteiger partial charge >= 0.3 is 0 Å². The third-order valence-electron chi connectivity index (χ3n) is 4.32. The van der Waals surface area contributed by atoms with Gasteiger partial charge in [-0.3, -0.25) is 4.79 Å². The van der Waals surface area contributed by atoms with Gasteiger partial charge in [0.2, 0.25) is 5.91 Å². The first-order valence-electron chi connectivity index (χ1n) is 8.06. The average molecular weight is 307 g/mol. The van der Waals surface area contributed by atoms with E-state index in [9.17, 15) is 9.90 Å². The number of carbonyl (C=O) groups is 1. The van der Waals surface area contributed by atoms with Crippen LogP contribution in [0.15, 0.2) is 6.07 Å². The van der Waals surface area contributed by atoms with Crippen LogP contribution in [0.5, 0.6) is 0 Å². The van der Waals surface area contributed by atoms with Gasteiger partial charge in [0.15, 0.2) is 0 Å². The summed E-state index contributed by atoms with van der Waals surface area (Å²) in [6, 6.07) is 2.06. The molecule has 0 aromatic carbocycles. The third-order valence-corrected chi connectivity index (χ3v) is 4.32. The topological polar surface area (TPSA) is 82.4 Å². The first kappa shape index (κ1) is 15.3. The van der Waals surface area contributed by atoms with Gasteiger partial charge in [-0.2, -0.15) is 5.10 Å². The first-order valence-corrected chi connectivity index (χ1v) is 8.06. The van der Waals surface area contributed by atoms with Crippen LogP contribution < -0.4 is 10.6 Å². The van der Waals surface area contributed by atoms with Crippen LogP contribution in [0, 0.1) is 12.8 Å². The number of likely N-dealkylation sites (tertiary alicyclic amines) is 1. The summed E-state index contributed by atoms with van der Waals surface area (Å²) in [4.78, 5) is 13.3. The summed E-state index contributed by atoms with van der Waals surface area (Å²) >= 11 is 0. The van der Waals surface area contributed by atoms with Crippen molar-refractivity contribution in [2.24, 2.45) is 5.92 Å². The number of aliphatic hydroxyl groups is 1. The Labute approximate surface area is 130 Å². The van der Waals surface area contributed by atoms with Crippen LogP contribution >= 0.6 is 0 Å². The molecule has 0 aliphatic carbocycles. The minimum Gasteiger partial charge on any atom is -0.390 e. The zero-order valence-corrected chi connectivity index (χ0v) is 13.1. The molecule has 0 unspecified atom stereocenters. The van der Waals surface area contributed by atoms with Gasteiger partial charge in [-0.25, -0.2) is 4.68 Å². The van der Waals surface area contributed by atoms with Gasteiger partial charge < -0.3 is 20.6 Å². The lowest BCUT2D eigenvalue weighted by molar-refractivity contribution is -0.128. The van der Waals surface area contributed by atoms with Gasteiger partial charge in [-0.05, 0) is 13.3 Å². The molecule has 1 saturated heterocycles. The van der Waals surface area contributed by atoms with Crippen molar-refractivity contribution >= 4 is 11.7 Å². The molecule has 1 fully saturated rings. The predicted octanol–water partition coefficient (Wildman–Crippen LogP) is -0.194. The second kappa shape index (κ2) is 6.66. The molecule has 0 saturated carbocycles. The minimum absolute atomic E-state index is 0.164. The third kappa shape index (κ3) is 3.59. The standard InChI is InChI=1S/C15H25N5O2/c1-11-5-14-17-7-12(9-20(14)18-11)6-16-8-13(21)10-19-4-2-3-15(19)22/h5,12-13,16-17,21H,2-4,6-10H2,1H3/t12-,13-/m1/s1. The van der Waals surface area contributed by atoms with E-state index in [-0.39, 0.29) is 5.91 Å². The molecule has 0 radical (unpaired) electrons. The number of carbonyl (C=O) groups excluding carboxylic acids is 1. The SMILES string of the molecule is Cc1cc2n(n1)C[C@H](CNC[C@@H](O)CN1CCCC1=O)CN2. The minimum atomic E-state index is -0.499. The van der Waals surface area contributed by atoms with E-state index in [0.717, 1.165) is 44.1 Å². The Morgan fingerprint density at radius 3 is 3.23 bits per heavy atom. The fraction of sp³-hybridized carbons (Fsp3) is 0.733. The monoisotopic (exact) mass is 307 g/mol. The maximum atomic E-state index is 11.5. The lowest BCUT2D eigenvalue weighted by Crippen LogP contribution is -2.42. The summed E-state index contributed by atoms with van der Waals surface area (Å²) in [5, 5.41) is 21.2. The van der Waals surface area contributed by atoms with Crippen molar-refractivity contribution in [3.8, 4) is 0 Å². The van der Waals surface area contributed by atoms with Crippen LogP contribution in [0.3, 0.4) is 0 Å². The van der Waals surface area contributed by atoms with Crippen LogP contribution in [0.25, 0.3) is 0 Å². The quantitative estimate of drug-likeness (QED) is 0.678. The van der Waals surface area contributed by atoms with Gasteiger partial charge in [0.25, 0.3) is 0 Å². The van der Waals surface area contributed by atoms with E-state index in [1.54, 1.807) is 4.90 Å². The molecule has 1 amide bonds. The number of fused-ring (bicyclic) bond motifs is 1.